The number of hydrogen-bond acceptors (Lipinski definition) is 3. The molecule has 0 unspecified atom stereocenters. The van der Waals surface area contributed by atoms with E-state index in [1.807, 2.05) is 13.8 Å². The number of ether oxygens (including phenoxy) is 1. The first kappa shape index (κ1) is 16.1. The van der Waals surface area contributed by atoms with E-state index in [4.69, 9.17) is 9.84 Å². The number of urea groups is 1. The largest absolute Gasteiger partial charge is 0.481 e. The Morgan fingerprint density at radius 3 is 2.48 bits per heavy atom. The fraction of sp³-hybridized carbons (Fsp3) is 0.867. The van der Waals surface area contributed by atoms with E-state index >= 15 is 0 Å². The molecule has 120 valence electrons. The molecule has 1 saturated carbocycles. The Balaban J connectivity index is 2.02. The number of carboxylic acids is 1. The molecule has 21 heavy (non-hydrogen) atoms. The number of morpholine rings is 1. The van der Waals surface area contributed by atoms with Gasteiger partial charge in [0.1, 0.15) is 0 Å². The van der Waals surface area contributed by atoms with Crippen LogP contribution in [0.15, 0.2) is 0 Å². The molecule has 6 nitrogen and oxygen atoms in total. The van der Waals surface area contributed by atoms with E-state index < -0.39 is 11.5 Å². The lowest BCUT2D eigenvalue weighted by atomic mass is 9.79. The summed E-state index contributed by atoms with van der Waals surface area (Å²) >= 11 is 0. The van der Waals surface area contributed by atoms with Gasteiger partial charge in [-0.25, -0.2) is 4.79 Å². The maximum absolute atomic E-state index is 12.5. The van der Waals surface area contributed by atoms with Crippen molar-refractivity contribution < 1.29 is 19.4 Å². The third-order valence-corrected chi connectivity index (χ3v) is 4.39. The highest BCUT2D eigenvalue weighted by molar-refractivity contribution is 5.77. The van der Waals surface area contributed by atoms with E-state index in [9.17, 15) is 9.59 Å². The van der Waals surface area contributed by atoms with Gasteiger partial charge in [0.15, 0.2) is 0 Å². The van der Waals surface area contributed by atoms with Gasteiger partial charge in [0.25, 0.3) is 0 Å². The van der Waals surface area contributed by atoms with E-state index in [1.165, 1.54) is 0 Å². The molecular formula is C15H26N2O4. The van der Waals surface area contributed by atoms with Gasteiger partial charge in [0, 0.05) is 6.54 Å². The van der Waals surface area contributed by atoms with Crippen LogP contribution >= 0.6 is 0 Å². The quantitative estimate of drug-likeness (QED) is 0.835. The van der Waals surface area contributed by atoms with Gasteiger partial charge in [-0.15, -0.1) is 0 Å². The van der Waals surface area contributed by atoms with Gasteiger partial charge in [-0.1, -0.05) is 19.3 Å². The highest BCUT2D eigenvalue weighted by atomic mass is 16.5. The standard InChI is InChI=1S/C15H26N2O4/c1-14(2)11-17(8-9-21-14)13(20)16-15(10-12(18)19)6-4-3-5-7-15/h3-11H2,1-2H3,(H,16,20)(H,18,19). The van der Waals surface area contributed by atoms with E-state index in [1.54, 1.807) is 4.90 Å². The molecule has 2 fully saturated rings. The van der Waals surface area contributed by atoms with E-state index in [0.717, 1.165) is 32.1 Å². The van der Waals surface area contributed by atoms with Crippen molar-refractivity contribution in [3.63, 3.8) is 0 Å². The lowest BCUT2D eigenvalue weighted by Gasteiger charge is -2.42. The maximum atomic E-state index is 12.5. The van der Waals surface area contributed by atoms with Crippen molar-refractivity contribution >= 4 is 12.0 Å². The summed E-state index contributed by atoms with van der Waals surface area (Å²) in [5.74, 6) is -0.848. The highest BCUT2D eigenvalue weighted by Gasteiger charge is 2.38. The molecule has 0 aromatic heterocycles. The van der Waals surface area contributed by atoms with Crippen LogP contribution in [0.5, 0.6) is 0 Å². The van der Waals surface area contributed by atoms with Crippen molar-refractivity contribution in [3.8, 4) is 0 Å². The minimum atomic E-state index is -0.848. The Labute approximate surface area is 125 Å². The van der Waals surface area contributed by atoms with Crippen LogP contribution in [-0.2, 0) is 9.53 Å². The monoisotopic (exact) mass is 298 g/mol. The Kier molecular flexibility index (Phi) is 4.76. The van der Waals surface area contributed by atoms with Crippen LogP contribution in [0.4, 0.5) is 4.79 Å². The third kappa shape index (κ3) is 4.33. The number of aliphatic carboxylic acids is 1. The second-order valence-corrected chi connectivity index (χ2v) is 6.87. The summed E-state index contributed by atoms with van der Waals surface area (Å²) in [6.07, 6.45) is 4.57. The van der Waals surface area contributed by atoms with Crippen LogP contribution in [-0.4, -0.2) is 52.8 Å². The molecule has 6 heteroatoms. The van der Waals surface area contributed by atoms with Crippen LogP contribution in [0.25, 0.3) is 0 Å². The molecule has 0 bridgehead atoms. The molecule has 0 radical (unpaired) electrons. The molecule has 1 aliphatic heterocycles. The summed E-state index contributed by atoms with van der Waals surface area (Å²) in [6, 6.07) is -0.158. The number of carbonyl (C=O) groups excluding carboxylic acids is 1. The maximum Gasteiger partial charge on any atom is 0.318 e. The summed E-state index contributed by atoms with van der Waals surface area (Å²) < 4.78 is 5.61. The number of hydrogen-bond donors (Lipinski definition) is 2. The normalized spacial score (nSPS) is 24.4. The zero-order chi connectivity index (χ0) is 15.5. The Bertz CT molecular complexity index is 402. The number of amides is 2. The minimum absolute atomic E-state index is 0.00642. The number of nitrogens with one attached hydrogen (secondary N) is 1. The van der Waals surface area contributed by atoms with Gasteiger partial charge in [-0.3, -0.25) is 4.79 Å². The molecule has 0 aromatic carbocycles. The average molecular weight is 298 g/mol. The third-order valence-electron chi connectivity index (χ3n) is 4.39. The van der Waals surface area contributed by atoms with Crippen molar-refractivity contribution in [1.82, 2.24) is 10.2 Å². The van der Waals surface area contributed by atoms with E-state index in [2.05, 4.69) is 5.32 Å². The van der Waals surface area contributed by atoms with Crippen LogP contribution in [0, 0.1) is 0 Å². The fourth-order valence-electron chi connectivity index (χ4n) is 3.36. The molecule has 2 amide bonds. The van der Waals surface area contributed by atoms with Crippen molar-refractivity contribution in [2.24, 2.45) is 0 Å². The van der Waals surface area contributed by atoms with E-state index in [-0.39, 0.29) is 18.1 Å². The van der Waals surface area contributed by atoms with Crippen LogP contribution in [0.2, 0.25) is 0 Å². The summed E-state index contributed by atoms with van der Waals surface area (Å²) in [5, 5.41) is 12.2. The molecule has 2 rings (SSSR count). The van der Waals surface area contributed by atoms with Crippen molar-refractivity contribution in [3.05, 3.63) is 0 Å². The number of carbonyl (C=O) groups is 2. The molecule has 2 N–H and O–H groups in total. The molecule has 0 aromatic rings. The molecule has 2 aliphatic rings. The van der Waals surface area contributed by atoms with Gasteiger partial charge in [-0.2, -0.15) is 0 Å². The summed E-state index contributed by atoms with van der Waals surface area (Å²) in [7, 11) is 0. The fourth-order valence-corrected chi connectivity index (χ4v) is 3.36. The summed E-state index contributed by atoms with van der Waals surface area (Å²) in [6.45, 7) is 5.52. The first-order valence-electron chi connectivity index (χ1n) is 7.75. The van der Waals surface area contributed by atoms with Crippen LogP contribution in [0.1, 0.15) is 52.4 Å². The van der Waals surface area contributed by atoms with Gasteiger partial charge in [0.2, 0.25) is 0 Å². The average Bonchev–Trinajstić information content (AvgIpc) is 2.37. The van der Waals surface area contributed by atoms with E-state index in [0.29, 0.717) is 19.7 Å². The van der Waals surface area contributed by atoms with Crippen LogP contribution < -0.4 is 5.32 Å². The summed E-state index contributed by atoms with van der Waals surface area (Å²) in [4.78, 5) is 25.4. The smallest absolute Gasteiger partial charge is 0.318 e. The van der Waals surface area contributed by atoms with Crippen molar-refractivity contribution in [2.75, 3.05) is 19.7 Å². The SMILES string of the molecule is CC1(C)CN(C(=O)NC2(CC(=O)O)CCCCC2)CCO1. The molecule has 1 heterocycles. The molecule has 1 saturated heterocycles. The Morgan fingerprint density at radius 1 is 1.24 bits per heavy atom. The number of rotatable bonds is 3. The number of carboxylic acid groups (broad SMARTS) is 1. The first-order valence-corrected chi connectivity index (χ1v) is 7.75. The van der Waals surface area contributed by atoms with Crippen molar-refractivity contribution in [1.29, 1.82) is 0 Å². The van der Waals surface area contributed by atoms with Gasteiger partial charge in [-0.05, 0) is 26.7 Å². The zero-order valence-electron chi connectivity index (χ0n) is 13.0. The second-order valence-electron chi connectivity index (χ2n) is 6.87. The molecule has 1 aliphatic carbocycles. The molecule has 0 atom stereocenters. The summed E-state index contributed by atoms with van der Waals surface area (Å²) in [5.41, 5.74) is -0.925. The molecule has 0 spiro atoms. The number of nitrogens with zero attached hydrogens (tertiary/aromatic N) is 1. The second kappa shape index (κ2) is 6.22. The highest BCUT2D eigenvalue weighted by Crippen LogP contribution is 2.31. The van der Waals surface area contributed by atoms with Gasteiger partial charge >= 0.3 is 12.0 Å². The van der Waals surface area contributed by atoms with Crippen LogP contribution in [0.3, 0.4) is 0 Å². The van der Waals surface area contributed by atoms with Gasteiger partial charge in [0.05, 0.1) is 30.7 Å². The Hall–Kier alpha value is -1.30. The zero-order valence-corrected chi connectivity index (χ0v) is 13.0. The minimum Gasteiger partial charge on any atom is -0.481 e. The lowest BCUT2D eigenvalue weighted by molar-refractivity contribution is -0.139. The Morgan fingerprint density at radius 2 is 1.90 bits per heavy atom. The lowest BCUT2D eigenvalue weighted by Crippen LogP contribution is -2.59. The molecular weight excluding hydrogens is 272 g/mol. The predicted molar refractivity (Wildman–Crippen MR) is 78.2 cm³/mol. The van der Waals surface area contributed by atoms with Gasteiger partial charge < -0.3 is 20.1 Å². The predicted octanol–water partition coefficient (Wildman–Crippen LogP) is 1.98. The topological polar surface area (TPSA) is 78.9 Å². The first-order chi connectivity index (χ1) is 9.82. The van der Waals surface area contributed by atoms with Crippen molar-refractivity contribution in [2.45, 2.75) is 63.5 Å².